The van der Waals surface area contributed by atoms with Crippen molar-refractivity contribution < 1.29 is 14.3 Å². The lowest BCUT2D eigenvalue weighted by Crippen LogP contribution is -2.32. The summed E-state index contributed by atoms with van der Waals surface area (Å²) in [7, 11) is 1.36. The lowest BCUT2D eigenvalue weighted by atomic mass is 10.2. The van der Waals surface area contributed by atoms with Gasteiger partial charge in [-0.2, -0.15) is 0 Å². The SMILES string of the molecule is CCCC(=O)N(CCC(=O)OC)Cc1ccccc1. The molecule has 0 saturated heterocycles. The Kier molecular flexibility index (Phi) is 6.64. The van der Waals surface area contributed by atoms with Gasteiger partial charge in [0.25, 0.3) is 0 Å². The molecule has 19 heavy (non-hydrogen) atoms. The summed E-state index contributed by atoms with van der Waals surface area (Å²) in [6.07, 6.45) is 1.55. The summed E-state index contributed by atoms with van der Waals surface area (Å²) in [6.45, 7) is 2.91. The molecule has 0 spiro atoms. The van der Waals surface area contributed by atoms with Gasteiger partial charge in [-0.15, -0.1) is 0 Å². The zero-order valence-electron chi connectivity index (χ0n) is 11.6. The number of carbonyl (C=O) groups is 2. The van der Waals surface area contributed by atoms with Gasteiger partial charge in [0.2, 0.25) is 5.91 Å². The van der Waals surface area contributed by atoms with Crippen LogP contribution in [0.25, 0.3) is 0 Å². The summed E-state index contributed by atoms with van der Waals surface area (Å²) in [5.74, 6) is -0.211. The molecule has 0 fully saturated rings. The van der Waals surface area contributed by atoms with E-state index >= 15 is 0 Å². The molecular weight excluding hydrogens is 242 g/mol. The van der Waals surface area contributed by atoms with Crippen LogP contribution in [0.2, 0.25) is 0 Å². The van der Waals surface area contributed by atoms with Crippen molar-refractivity contribution >= 4 is 11.9 Å². The normalized spacial score (nSPS) is 10.0. The predicted octanol–water partition coefficient (Wildman–Crippen LogP) is 2.38. The molecule has 0 aliphatic rings. The first-order valence-electron chi connectivity index (χ1n) is 6.56. The molecule has 0 aromatic heterocycles. The zero-order chi connectivity index (χ0) is 14.1. The smallest absolute Gasteiger partial charge is 0.307 e. The molecule has 4 nitrogen and oxygen atoms in total. The maximum Gasteiger partial charge on any atom is 0.307 e. The molecule has 1 aromatic rings. The van der Waals surface area contributed by atoms with Gasteiger partial charge >= 0.3 is 5.97 Å². The fourth-order valence-electron chi connectivity index (χ4n) is 1.80. The Bertz CT molecular complexity index is 403. The molecule has 0 atom stereocenters. The first-order valence-corrected chi connectivity index (χ1v) is 6.56. The van der Waals surface area contributed by atoms with Crippen molar-refractivity contribution in [1.29, 1.82) is 0 Å². The van der Waals surface area contributed by atoms with E-state index in [1.54, 1.807) is 4.90 Å². The number of carbonyl (C=O) groups excluding carboxylic acids is 2. The van der Waals surface area contributed by atoms with Crippen LogP contribution in [0.15, 0.2) is 30.3 Å². The van der Waals surface area contributed by atoms with Crippen molar-refractivity contribution in [3.63, 3.8) is 0 Å². The number of benzene rings is 1. The van der Waals surface area contributed by atoms with Crippen LogP contribution in [0.3, 0.4) is 0 Å². The molecule has 0 saturated carbocycles. The molecule has 0 aliphatic heterocycles. The number of amides is 1. The average Bonchev–Trinajstić information content (AvgIpc) is 2.44. The lowest BCUT2D eigenvalue weighted by Gasteiger charge is -2.22. The van der Waals surface area contributed by atoms with Gasteiger partial charge in [-0.25, -0.2) is 0 Å². The Balaban J connectivity index is 2.63. The molecule has 104 valence electrons. The van der Waals surface area contributed by atoms with Crippen molar-refractivity contribution in [3.8, 4) is 0 Å². The quantitative estimate of drug-likeness (QED) is 0.710. The van der Waals surface area contributed by atoms with E-state index in [4.69, 9.17) is 0 Å². The van der Waals surface area contributed by atoms with E-state index in [0.717, 1.165) is 12.0 Å². The first-order chi connectivity index (χ1) is 9.17. The monoisotopic (exact) mass is 263 g/mol. The summed E-state index contributed by atoms with van der Waals surface area (Å²) in [4.78, 5) is 24.9. The molecule has 1 rings (SSSR count). The number of methoxy groups -OCH3 is 1. The van der Waals surface area contributed by atoms with E-state index in [-0.39, 0.29) is 18.3 Å². The van der Waals surface area contributed by atoms with Crippen LogP contribution in [0, 0.1) is 0 Å². The van der Waals surface area contributed by atoms with Gasteiger partial charge in [-0.1, -0.05) is 37.3 Å². The van der Waals surface area contributed by atoms with Gasteiger partial charge in [-0.3, -0.25) is 9.59 Å². The van der Waals surface area contributed by atoms with Crippen molar-refractivity contribution in [2.24, 2.45) is 0 Å². The van der Waals surface area contributed by atoms with Gasteiger partial charge in [0.15, 0.2) is 0 Å². The summed E-state index contributed by atoms with van der Waals surface area (Å²) < 4.78 is 4.61. The summed E-state index contributed by atoms with van der Waals surface area (Å²) >= 11 is 0. The third-order valence-electron chi connectivity index (χ3n) is 2.85. The molecule has 0 N–H and O–H groups in total. The van der Waals surface area contributed by atoms with E-state index < -0.39 is 0 Å². The van der Waals surface area contributed by atoms with Gasteiger partial charge in [0, 0.05) is 19.5 Å². The Morgan fingerprint density at radius 1 is 1.16 bits per heavy atom. The number of hydrogen-bond donors (Lipinski definition) is 0. The standard InChI is InChI=1S/C15H21NO3/c1-3-7-14(17)16(11-10-15(18)19-2)12-13-8-5-4-6-9-13/h4-6,8-9H,3,7,10-12H2,1-2H3. The molecule has 1 aromatic carbocycles. The first kappa shape index (κ1) is 15.2. The minimum Gasteiger partial charge on any atom is -0.469 e. The highest BCUT2D eigenvalue weighted by Gasteiger charge is 2.14. The van der Waals surface area contributed by atoms with Crippen molar-refractivity contribution in [1.82, 2.24) is 4.90 Å². The molecule has 4 heteroatoms. The van der Waals surface area contributed by atoms with Gasteiger partial charge < -0.3 is 9.64 Å². The molecule has 0 aliphatic carbocycles. The van der Waals surface area contributed by atoms with Crippen LogP contribution in [-0.4, -0.2) is 30.4 Å². The van der Waals surface area contributed by atoms with Crippen LogP contribution in [0.4, 0.5) is 0 Å². The molecule has 0 heterocycles. The Hall–Kier alpha value is -1.84. The number of ether oxygens (including phenoxy) is 1. The largest absolute Gasteiger partial charge is 0.469 e. The molecule has 0 bridgehead atoms. The van der Waals surface area contributed by atoms with Gasteiger partial charge in [0.05, 0.1) is 13.5 Å². The predicted molar refractivity (Wildman–Crippen MR) is 73.4 cm³/mol. The third-order valence-corrected chi connectivity index (χ3v) is 2.85. The van der Waals surface area contributed by atoms with E-state index in [1.807, 2.05) is 37.3 Å². The van der Waals surface area contributed by atoms with Crippen molar-refractivity contribution in [2.45, 2.75) is 32.7 Å². The Morgan fingerprint density at radius 3 is 2.42 bits per heavy atom. The highest BCUT2D eigenvalue weighted by atomic mass is 16.5. The van der Waals surface area contributed by atoms with E-state index in [0.29, 0.717) is 19.5 Å². The Morgan fingerprint density at radius 2 is 1.84 bits per heavy atom. The van der Waals surface area contributed by atoms with E-state index in [9.17, 15) is 9.59 Å². The van der Waals surface area contributed by atoms with Crippen LogP contribution >= 0.6 is 0 Å². The maximum absolute atomic E-state index is 12.0. The fourth-order valence-corrected chi connectivity index (χ4v) is 1.80. The highest BCUT2D eigenvalue weighted by Crippen LogP contribution is 2.08. The summed E-state index contributed by atoms with van der Waals surface area (Å²) in [5, 5.41) is 0. The maximum atomic E-state index is 12.0. The van der Waals surface area contributed by atoms with Crippen LogP contribution in [0.1, 0.15) is 31.7 Å². The summed E-state index contributed by atoms with van der Waals surface area (Å²) in [6, 6.07) is 9.78. The zero-order valence-corrected chi connectivity index (χ0v) is 11.6. The number of esters is 1. The van der Waals surface area contributed by atoms with Crippen LogP contribution < -0.4 is 0 Å². The second kappa shape index (κ2) is 8.29. The lowest BCUT2D eigenvalue weighted by molar-refractivity contribution is -0.142. The minimum atomic E-state index is -0.289. The second-order valence-corrected chi connectivity index (χ2v) is 4.38. The average molecular weight is 263 g/mol. The van der Waals surface area contributed by atoms with Crippen LogP contribution in [0.5, 0.6) is 0 Å². The fraction of sp³-hybridized carbons (Fsp3) is 0.467. The highest BCUT2D eigenvalue weighted by molar-refractivity contribution is 5.77. The second-order valence-electron chi connectivity index (χ2n) is 4.38. The minimum absolute atomic E-state index is 0.0789. The molecular formula is C15H21NO3. The van der Waals surface area contributed by atoms with Crippen molar-refractivity contribution in [2.75, 3.05) is 13.7 Å². The summed E-state index contributed by atoms with van der Waals surface area (Å²) in [5.41, 5.74) is 1.07. The van der Waals surface area contributed by atoms with Gasteiger partial charge in [0.1, 0.15) is 0 Å². The Labute approximate surface area is 114 Å². The third kappa shape index (κ3) is 5.55. The van der Waals surface area contributed by atoms with E-state index in [2.05, 4.69) is 4.74 Å². The number of hydrogen-bond acceptors (Lipinski definition) is 3. The molecule has 0 radical (unpaired) electrons. The number of rotatable bonds is 7. The van der Waals surface area contributed by atoms with Crippen molar-refractivity contribution in [3.05, 3.63) is 35.9 Å². The van der Waals surface area contributed by atoms with Crippen LogP contribution in [-0.2, 0) is 20.9 Å². The molecule has 0 unspecified atom stereocenters. The topological polar surface area (TPSA) is 46.6 Å². The van der Waals surface area contributed by atoms with E-state index in [1.165, 1.54) is 7.11 Å². The molecule has 1 amide bonds. The number of nitrogens with zero attached hydrogens (tertiary/aromatic N) is 1. The van der Waals surface area contributed by atoms with Gasteiger partial charge in [-0.05, 0) is 12.0 Å².